The van der Waals surface area contributed by atoms with Crippen LogP contribution in [-0.4, -0.2) is 16.3 Å². The minimum Gasteiger partial charge on any atom is -0.161 e. The lowest BCUT2D eigenvalue weighted by Crippen LogP contribution is -1.89. The van der Waals surface area contributed by atoms with E-state index in [-0.39, 0.29) is 0 Å². The molecule has 1 heterocycles. The second-order valence-corrected chi connectivity index (χ2v) is 3.91. The van der Waals surface area contributed by atoms with Crippen molar-refractivity contribution in [2.75, 3.05) is 11.5 Å². The average Bonchev–Trinajstić information content (AvgIpc) is 1.86. The summed E-state index contributed by atoms with van der Waals surface area (Å²) in [6.07, 6.45) is 1.37. The van der Waals surface area contributed by atoms with Crippen LogP contribution in [0.3, 0.4) is 0 Å². The Kier molecular flexibility index (Phi) is 1.84. The Morgan fingerprint density at radius 2 is 2.50 bits per heavy atom. The van der Waals surface area contributed by atoms with E-state index in [1.54, 1.807) is 0 Å². The smallest absolute Gasteiger partial charge is 0.0244 e. The van der Waals surface area contributed by atoms with Crippen molar-refractivity contribution in [3.63, 3.8) is 0 Å². The van der Waals surface area contributed by atoms with E-state index in [1.807, 2.05) is 11.8 Å². The van der Waals surface area contributed by atoms with Crippen LogP contribution in [0.15, 0.2) is 0 Å². The van der Waals surface area contributed by atoms with Crippen molar-refractivity contribution in [3.05, 3.63) is 0 Å². The summed E-state index contributed by atoms with van der Waals surface area (Å²) in [4.78, 5) is 0.822. The molecule has 1 saturated heterocycles. The monoisotopic (exact) mass is 166 g/mol. The SMILES string of the molecule is Br[C@@H]1CCSC1. The van der Waals surface area contributed by atoms with Crippen LogP contribution in [0.2, 0.25) is 0 Å². The molecule has 36 valence electrons. The van der Waals surface area contributed by atoms with Crippen LogP contribution in [0.5, 0.6) is 0 Å². The van der Waals surface area contributed by atoms with E-state index in [0.29, 0.717) is 0 Å². The van der Waals surface area contributed by atoms with Crippen molar-refractivity contribution in [2.24, 2.45) is 0 Å². The van der Waals surface area contributed by atoms with E-state index in [9.17, 15) is 0 Å². The van der Waals surface area contributed by atoms with E-state index >= 15 is 0 Å². The van der Waals surface area contributed by atoms with Crippen LogP contribution in [0, 0.1) is 0 Å². The van der Waals surface area contributed by atoms with Crippen LogP contribution >= 0.6 is 27.7 Å². The predicted molar refractivity (Wildman–Crippen MR) is 34.7 cm³/mol. The van der Waals surface area contributed by atoms with Crippen LogP contribution in [0.1, 0.15) is 6.42 Å². The number of thioether (sulfide) groups is 1. The lowest BCUT2D eigenvalue weighted by Gasteiger charge is -1.87. The Morgan fingerprint density at radius 3 is 2.67 bits per heavy atom. The molecule has 0 aliphatic carbocycles. The fraction of sp³-hybridized carbons (Fsp3) is 1.00. The number of hydrogen-bond acceptors (Lipinski definition) is 1. The first kappa shape index (κ1) is 4.98. The summed E-state index contributed by atoms with van der Waals surface area (Å²) in [6, 6.07) is 0. The quantitative estimate of drug-likeness (QED) is 0.496. The molecule has 0 amide bonds. The largest absolute Gasteiger partial charge is 0.161 e. The van der Waals surface area contributed by atoms with Gasteiger partial charge in [-0.15, -0.1) is 0 Å². The van der Waals surface area contributed by atoms with Gasteiger partial charge in [-0.2, -0.15) is 11.8 Å². The molecule has 0 N–H and O–H groups in total. The van der Waals surface area contributed by atoms with E-state index in [1.165, 1.54) is 17.9 Å². The van der Waals surface area contributed by atoms with Crippen LogP contribution in [0.4, 0.5) is 0 Å². The molecule has 0 saturated carbocycles. The van der Waals surface area contributed by atoms with Crippen LogP contribution in [-0.2, 0) is 0 Å². The summed E-state index contributed by atoms with van der Waals surface area (Å²) in [5.74, 6) is 2.68. The van der Waals surface area contributed by atoms with Crippen molar-refractivity contribution in [3.8, 4) is 0 Å². The molecule has 0 aromatic carbocycles. The lowest BCUT2D eigenvalue weighted by molar-refractivity contribution is 0.987. The molecule has 6 heavy (non-hydrogen) atoms. The van der Waals surface area contributed by atoms with Crippen molar-refractivity contribution in [1.29, 1.82) is 0 Å². The van der Waals surface area contributed by atoms with Gasteiger partial charge in [0, 0.05) is 10.6 Å². The zero-order chi connectivity index (χ0) is 4.41. The highest BCUT2D eigenvalue weighted by molar-refractivity contribution is 9.09. The van der Waals surface area contributed by atoms with E-state index in [2.05, 4.69) is 15.9 Å². The minimum atomic E-state index is 0.822. The molecule has 1 aliphatic heterocycles. The molecular weight excluding hydrogens is 160 g/mol. The van der Waals surface area contributed by atoms with Crippen molar-refractivity contribution in [2.45, 2.75) is 11.2 Å². The summed E-state index contributed by atoms with van der Waals surface area (Å²) < 4.78 is 0. The van der Waals surface area contributed by atoms with Gasteiger partial charge >= 0.3 is 0 Å². The standard InChI is InChI=1S/C4H7BrS/c5-4-1-2-6-3-4/h4H,1-3H2/t4-/m1/s1. The maximum absolute atomic E-state index is 3.52. The van der Waals surface area contributed by atoms with E-state index < -0.39 is 0 Å². The van der Waals surface area contributed by atoms with Gasteiger partial charge in [-0.3, -0.25) is 0 Å². The highest BCUT2D eigenvalue weighted by atomic mass is 79.9. The molecule has 0 aromatic heterocycles. The lowest BCUT2D eigenvalue weighted by atomic mass is 10.4. The highest BCUT2D eigenvalue weighted by Crippen LogP contribution is 2.22. The summed E-state index contributed by atoms with van der Waals surface area (Å²) in [6.45, 7) is 0. The van der Waals surface area contributed by atoms with Gasteiger partial charge in [0.15, 0.2) is 0 Å². The van der Waals surface area contributed by atoms with Gasteiger partial charge in [0.25, 0.3) is 0 Å². The molecule has 2 heteroatoms. The van der Waals surface area contributed by atoms with Gasteiger partial charge in [-0.1, -0.05) is 15.9 Å². The maximum atomic E-state index is 3.52. The molecule has 0 radical (unpaired) electrons. The zero-order valence-corrected chi connectivity index (χ0v) is 5.89. The van der Waals surface area contributed by atoms with Gasteiger partial charge in [-0.05, 0) is 12.2 Å². The first-order valence-electron chi connectivity index (χ1n) is 2.11. The fourth-order valence-electron chi connectivity index (χ4n) is 0.506. The third kappa shape index (κ3) is 1.16. The number of alkyl halides is 1. The first-order chi connectivity index (χ1) is 2.89. The van der Waals surface area contributed by atoms with Crippen LogP contribution in [0.25, 0.3) is 0 Å². The van der Waals surface area contributed by atoms with Crippen molar-refractivity contribution in [1.82, 2.24) is 0 Å². The molecule has 1 fully saturated rings. The van der Waals surface area contributed by atoms with Gasteiger partial charge in [0.2, 0.25) is 0 Å². The third-order valence-corrected chi connectivity index (χ3v) is 3.25. The fourth-order valence-corrected chi connectivity index (χ4v) is 2.64. The Balaban J connectivity index is 2.18. The van der Waals surface area contributed by atoms with Gasteiger partial charge in [0.1, 0.15) is 0 Å². The van der Waals surface area contributed by atoms with Gasteiger partial charge in [-0.25, -0.2) is 0 Å². The Bertz CT molecular complexity index is 40.8. The second-order valence-electron chi connectivity index (χ2n) is 1.46. The maximum Gasteiger partial charge on any atom is 0.0244 e. The van der Waals surface area contributed by atoms with E-state index in [4.69, 9.17) is 0 Å². The minimum absolute atomic E-state index is 0.822. The Labute approximate surface area is 50.8 Å². The van der Waals surface area contributed by atoms with E-state index in [0.717, 1.165) is 4.83 Å². The van der Waals surface area contributed by atoms with Crippen LogP contribution < -0.4 is 0 Å². The van der Waals surface area contributed by atoms with Gasteiger partial charge in [0.05, 0.1) is 0 Å². The average molecular weight is 167 g/mol. The van der Waals surface area contributed by atoms with Crippen molar-refractivity contribution < 1.29 is 0 Å². The Hall–Kier alpha value is 0.830. The molecule has 0 spiro atoms. The predicted octanol–water partition coefficient (Wildman–Crippen LogP) is 1.89. The molecular formula is C4H7BrS. The Morgan fingerprint density at radius 1 is 1.67 bits per heavy atom. The molecule has 0 unspecified atom stereocenters. The van der Waals surface area contributed by atoms with Crippen molar-refractivity contribution >= 4 is 27.7 Å². The normalized spacial score (nSPS) is 34.5. The molecule has 0 bridgehead atoms. The second kappa shape index (κ2) is 2.22. The third-order valence-electron chi connectivity index (χ3n) is 0.874. The molecule has 1 rings (SSSR count). The zero-order valence-electron chi connectivity index (χ0n) is 3.48. The molecule has 0 aromatic rings. The number of hydrogen-bond donors (Lipinski definition) is 0. The molecule has 0 nitrogen and oxygen atoms in total. The highest BCUT2D eigenvalue weighted by Gasteiger charge is 2.09. The number of rotatable bonds is 0. The molecule has 1 aliphatic rings. The topological polar surface area (TPSA) is 0 Å². The summed E-state index contributed by atoms with van der Waals surface area (Å²) in [5.41, 5.74) is 0. The first-order valence-corrected chi connectivity index (χ1v) is 4.18. The summed E-state index contributed by atoms with van der Waals surface area (Å²) in [5, 5.41) is 0. The summed E-state index contributed by atoms with van der Waals surface area (Å²) >= 11 is 5.55. The summed E-state index contributed by atoms with van der Waals surface area (Å²) in [7, 11) is 0. The number of halogens is 1. The molecule has 1 atom stereocenters. The van der Waals surface area contributed by atoms with Gasteiger partial charge < -0.3 is 0 Å².